The summed E-state index contributed by atoms with van der Waals surface area (Å²) in [4.78, 5) is 56.2. The van der Waals surface area contributed by atoms with Gasteiger partial charge in [-0.3, -0.25) is 14.6 Å². The SMILES string of the molecule is CC(=O)OC[C@@]12[C@@H](OC(=O)C=Cc3ccccc3)CC[C@](C)(O)[C@]13OC(C)(C)[C@@H](C3O)[C@@H](OC(C)=O)[C@H]2OC(=O)c1cccnc1. The fourth-order valence-electron chi connectivity index (χ4n) is 7.76. The lowest BCUT2D eigenvalue weighted by Crippen LogP contribution is -2.83. The molecule has 1 aliphatic heterocycles. The number of benzene rings is 1. The average molecular weight is 638 g/mol. The van der Waals surface area contributed by atoms with Crippen molar-refractivity contribution in [1.82, 2.24) is 4.98 Å². The topological polar surface area (TPSA) is 168 Å². The van der Waals surface area contributed by atoms with E-state index in [0.717, 1.165) is 12.5 Å². The zero-order valence-corrected chi connectivity index (χ0v) is 26.4. The van der Waals surface area contributed by atoms with Gasteiger partial charge in [0.2, 0.25) is 0 Å². The molecule has 2 heterocycles. The van der Waals surface area contributed by atoms with E-state index in [2.05, 4.69) is 4.98 Å². The largest absolute Gasteiger partial charge is 0.465 e. The number of aliphatic hydroxyl groups is 2. The summed E-state index contributed by atoms with van der Waals surface area (Å²) in [6.45, 7) is 6.47. The fraction of sp³-hybridized carbons (Fsp3) is 0.500. The molecule has 5 rings (SSSR count). The van der Waals surface area contributed by atoms with Crippen molar-refractivity contribution in [3.63, 3.8) is 0 Å². The van der Waals surface area contributed by atoms with E-state index >= 15 is 0 Å². The normalized spacial score (nSPS) is 34.3. The molecule has 3 aliphatic rings. The number of pyridine rings is 1. The monoisotopic (exact) mass is 637 g/mol. The van der Waals surface area contributed by atoms with Crippen molar-refractivity contribution in [3.8, 4) is 0 Å². The van der Waals surface area contributed by atoms with Crippen LogP contribution in [0.2, 0.25) is 0 Å². The molecule has 1 unspecified atom stereocenters. The quantitative estimate of drug-likeness (QED) is 0.247. The van der Waals surface area contributed by atoms with Gasteiger partial charge < -0.3 is 33.9 Å². The molecule has 0 radical (unpaired) electrons. The number of hydrogen-bond acceptors (Lipinski definition) is 12. The van der Waals surface area contributed by atoms with Crippen LogP contribution in [-0.4, -0.2) is 86.9 Å². The predicted molar refractivity (Wildman–Crippen MR) is 161 cm³/mol. The van der Waals surface area contributed by atoms with Crippen molar-refractivity contribution >= 4 is 30.0 Å². The highest BCUT2D eigenvalue weighted by molar-refractivity contribution is 5.89. The zero-order valence-electron chi connectivity index (χ0n) is 26.4. The number of fused-ring (bicyclic) bond motifs is 1. The third kappa shape index (κ3) is 5.48. The van der Waals surface area contributed by atoms with Gasteiger partial charge in [0.15, 0.2) is 6.10 Å². The van der Waals surface area contributed by atoms with Crippen LogP contribution in [0.3, 0.4) is 0 Å². The van der Waals surface area contributed by atoms with E-state index in [0.29, 0.717) is 0 Å². The van der Waals surface area contributed by atoms with E-state index in [1.54, 1.807) is 32.1 Å². The van der Waals surface area contributed by atoms with Gasteiger partial charge in [0.25, 0.3) is 0 Å². The van der Waals surface area contributed by atoms with Gasteiger partial charge in [0.1, 0.15) is 29.8 Å². The van der Waals surface area contributed by atoms with Crippen LogP contribution in [0.4, 0.5) is 0 Å². The summed E-state index contributed by atoms with van der Waals surface area (Å²) in [5.41, 5.74) is -6.39. The number of aromatic nitrogens is 1. The summed E-state index contributed by atoms with van der Waals surface area (Å²) in [5.74, 6) is -4.19. The van der Waals surface area contributed by atoms with Crippen molar-refractivity contribution in [1.29, 1.82) is 0 Å². The number of esters is 4. The minimum absolute atomic E-state index is 0.0173. The summed E-state index contributed by atoms with van der Waals surface area (Å²) in [6.07, 6.45) is -0.291. The molecular weight excluding hydrogens is 598 g/mol. The van der Waals surface area contributed by atoms with Gasteiger partial charge in [-0.05, 0) is 57.4 Å². The number of carbonyl (C=O) groups is 4. The molecular formula is C34H39NO11. The molecule has 1 aromatic heterocycles. The second-order valence-electron chi connectivity index (χ2n) is 12.9. The van der Waals surface area contributed by atoms with Gasteiger partial charge >= 0.3 is 23.9 Å². The number of ether oxygens (including phenoxy) is 5. The van der Waals surface area contributed by atoms with Crippen molar-refractivity contribution in [2.24, 2.45) is 11.3 Å². The molecule has 1 aromatic carbocycles. The van der Waals surface area contributed by atoms with Crippen LogP contribution in [0, 0.1) is 11.3 Å². The van der Waals surface area contributed by atoms with Crippen LogP contribution >= 0.6 is 0 Å². The summed E-state index contributed by atoms with van der Waals surface area (Å²) in [6, 6.07) is 12.0. The van der Waals surface area contributed by atoms with Crippen molar-refractivity contribution in [2.75, 3.05) is 6.61 Å². The summed E-state index contributed by atoms with van der Waals surface area (Å²) in [7, 11) is 0. The Hall–Kier alpha value is -4.13. The third-order valence-corrected chi connectivity index (χ3v) is 9.52. The van der Waals surface area contributed by atoms with Crippen molar-refractivity contribution in [2.45, 2.75) is 88.7 Å². The first-order valence-corrected chi connectivity index (χ1v) is 15.1. The Bertz CT molecular complexity index is 1510. The minimum Gasteiger partial charge on any atom is -0.465 e. The number of rotatable bonds is 8. The first kappa shape index (κ1) is 33.2. The maximum Gasteiger partial charge on any atom is 0.340 e. The first-order chi connectivity index (χ1) is 21.7. The third-order valence-electron chi connectivity index (χ3n) is 9.52. The van der Waals surface area contributed by atoms with E-state index < -0.39 is 83.0 Å². The highest BCUT2D eigenvalue weighted by atomic mass is 16.6. The van der Waals surface area contributed by atoms with E-state index in [1.807, 2.05) is 18.2 Å². The predicted octanol–water partition coefficient (Wildman–Crippen LogP) is 2.80. The maximum absolute atomic E-state index is 13.7. The molecule has 2 saturated carbocycles. The molecule has 0 amide bonds. The second-order valence-corrected chi connectivity index (χ2v) is 12.9. The number of carbonyl (C=O) groups excluding carboxylic acids is 4. The molecule has 2 N–H and O–H groups in total. The first-order valence-electron chi connectivity index (χ1n) is 15.1. The molecule has 246 valence electrons. The van der Waals surface area contributed by atoms with Crippen LogP contribution in [0.5, 0.6) is 0 Å². The second kappa shape index (κ2) is 12.2. The van der Waals surface area contributed by atoms with E-state index in [-0.39, 0.29) is 18.4 Å². The minimum atomic E-state index is -2.05. The smallest absolute Gasteiger partial charge is 0.340 e. The Morgan fingerprint density at radius 1 is 1.00 bits per heavy atom. The summed E-state index contributed by atoms with van der Waals surface area (Å²) in [5, 5.41) is 24.4. The zero-order chi connectivity index (χ0) is 33.5. The Kier molecular flexibility index (Phi) is 8.84. The van der Waals surface area contributed by atoms with Gasteiger partial charge in [-0.15, -0.1) is 0 Å². The maximum atomic E-state index is 13.7. The molecule has 1 saturated heterocycles. The molecule has 1 spiro atoms. The standard InChI is InChI=1S/C34H39NO11/c1-20(36)42-19-33-24(44-25(38)14-13-22-10-7-6-8-11-22)15-16-32(5,41)34(33)28(39)26(31(3,4)46-34)27(43-21(2)37)29(33)45-30(40)23-12-9-17-35-18-23/h6-14,17-18,24,26-29,39,41H,15-16,19H2,1-5H3/t24-,26+,27+,28?,29+,32-,33-,34-/m0/s1. The Labute approximate surface area is 266 Å². The summed E-state index contributed by atoms with van der Waals surface area (Å²) >= 11 is 0. The lowest BCUT2D eigenvalue weighted by atomic mass is 9.46. The molecule has 2 bridgehead atoms. The number of nitrogens with zero attached hydrogens (tertiary/aromatic N) is 1. The van der Waals surface area contributed by atoms with Crippen LogP contribution in [-0.2, 0) is 38.1 Å². The van der Waals surface area contributed by atoms with Gasteiger partial charge in [-0.2, -0.15) is 0 Å². The number of hydrogen-bond donors (Lipinski definition) is 2. The van der Waals surface area contributed by atoms with Crippen molar-refractivity contribution < 1.29 is 53.1 Å². The molecule has 8 atom stereocenters. The van der Waals surface area contributed by atoms with Crippen LogP contribution in [0.15, 0.2) is 60.9 Å². The molecule has 12 nitrogen and oxygen atoms in total. The summed E-state index contributed by atoms with van der Waals surface area (Å²) < 4.78 is 30.4. The lowest BCUT2D eigenvalue weighted by molar-refractivity contribution is -0.348. The van der Waals surface area contributed by atoms with Gasteiger partial charge in [0, 0.05) is 32.3 Å². The number of aliphatic hydroxyl groups excluding tert-OH is 1. The average Bonchev–Trinajstić information content (AvgIpc) is 3.18. The Morgan fingerprint density at radius 3 is 2.35 bits per heavy atom. The highest BCUT2D eigenvalue weighted by Gasteiger charge is 2.86. The lowest BCUT2D eigenvalue weighted by Gasteiger charge is -2.65. The molecule has 2 aliphatic carbocycles. The van der Waals surface area contributed by atoms with Crippen LogP contribution < -0.4 is 0 Å². The van der Waals surface area contributed by atoms with Crippen molar-refractivity contribution in [3.05, 3.63) is 72.1 Å². The van der Waals surface area contributed by atoms with E-state index in [4.69, 9.17) is 23.7 Å². The van der Waals surface area contributed by atoms with E-state index in [9.17, 15) is 29.4 Å². The Balaban J connectivity index is 1.72. The molecule has 3 fully saturated rings. The highest BCUT2D eigenvalue weighted by Crippen LogP contribution is 2.68. The van der Waals surface area contributed by atoms with E-state index in [1.165, 1.54) is 44.4 Å². The van der Waals surface area contributed by atoms with Gasteiger partial charge in [0.05, 0.1) is 28.8 Å². The van der Waals surface area contributed by atoms with Gasteiger partial charge in [-0.25, -0.2) is 9.59 Å². The molecule has 2 aromatic rings. The Morgan fingerprint density at radius 2 is 1.72 bits per heavy atom. The van der Waals surface area contributed by atoms with Crippen LogP contribution in [0.1, 0.15) is 63.4 Å². The molecule has 46 heavy (non-hydrogen) atoms. The van der Waals surface area contributed by atoms with Gasteiger partial charge in [-0.1, -0.05) is 30.3 Å². The van der Waals surface area contributed by atoms with Crippen LogP contribution in [0.25, 0.3) is 6.08 Å². The molecule has 12 heteroatoms. The fourth-order valence-corrected chi connectivity index (χ4v) is 7.76.